The van der Waals surface area contributed by atoms with Gasteiger partial charge in [-0.25, -0.2) is 9.97 Å². The molecule has 0 spiro atoms. The van der Waals surface area contributed by atoms with Crippen LogP contribution >= 0.6 is 11.8 Å². The molecule has 3 aromatic rings. The zero-order chi connectivity index (χ0) is 21.5. The van der Waals surface area contributed by atoms with Crippen molar-refractivity contribution in [2.45, 2.75) is 32.3 Å². The Morgan fingerprint density at radius 3 is 2.40 bits per heavy atom. The summed E-state index contributed by atoms with van der Waals surface area (Å²) in [6, 6.07) is 19.1. The molecule has 1 heterocycles. The van der Waals surface area contributed by atoms with Crippen molar-refractivity contribution in [3.8, 4) is 17.3 Å². The smallest absolute Gasteiger partial charge is 0.190 e. The van der Waals surface area contributed by atoms with E-state index in [9.17, 15) is 10.1 Å². The Morgan fingerprint density at radius 2 is 1.80 bits per heavy atom. The zero-order valence-electron chi connectivity index (χ0n) is 17.3. The number of benzene rings is 2. The Labute approximate surface area is 181 Å². The number of carbonyl (C=O) groups excluding carboxylic acids is 1. The Bertz CT molecular complexity index is 1060. The highest BCUT2D eigenvalue weighted by molar-refractivity contribution is 7.99. The Balaban J connectivity index is 2.00. The van der Waals surface area contributed by atoms with Gasteiger partial charge in [-0.3, -0.25) is 4.79 Å². The number of nitrogens with one attached hydrogen (secondary N) is 1. The van der Waals surface area contributed by atoms with Gasteiger partial charge in [0.05, 0.1) is 5.69 Å². The zero-order valence-corrected chi connectivity index (χ0v) is 18.2. The van der Waals surface area contributed by atoms with Crippen LogP contribution in [0.25, 0.3) is 11.3 Å². The number of nitriles is 1. The van der Waals surface area contributed by atoms with E-state index in [0.29, 0.717) is 33.7 Å². The van der Waals surface area contributed by atoms with Crippen molar-refractivity contribution in [2.24, 2.45) is 5.92 Å². The van der Waals surface area contributed by atoms with Crippen LogP contribution in [-0.4, -0.2) is 21.5 Å². The van der Waals surface area contributed by atoms with Crippen molar-refractivity contribution < 1.29 is 4.79 Å². The van der Waals surface area contributed by atoms with Gasteiger partial charge in [0.1, 0.15) is 11.6 Å². The minimum atomic E-state index is 0.0107. The molecule has 0 bridgehead atoms. The first-order valence-electron chi connectivity index (χ1n) is 9.86. The van der Waals surface area contributed by atoms with Crippen molar-refractivity contribution in [1.82, 2.24) is 9.97 Å². The van der Waals surface area contributed by atoms with E-state index in [1.807, 2.05) is 42.5 Å². The lowest BCUT2D eigenvalue weighted by Crippen LogP contribution is -2.04. The number of Topliss-reactive ketones (excluding diaryl/α,β-unsaturated/α-hetero) is 1. The number of thioether (sulfide) groups is 1. The average Bonchev–Trinajstić information content (AvgIpc) is 2.74. The standard InChI is InChI=1S/C24H24N4OS/c1-16(2)13-14-30-24-27-22(19-7-5-4-6-8-19)21(15-25)23(28-24)26-20-11-9-18(10-12-20)17(3)29/h4-12,16H,13-14H2,1-3H3,(H,26,27,28). The van der Waals surface area contributed by atoms with E-state index in [-0.39, 0.29) is 5.78 Å². The number of aromatic nitrogens is 2. The van der Waals surface area contributed by atoms with Crippen LogP contribution in [0.1, 0.15) is 43.1 Å². The summed E-state index contributed by atoms with van der Waals surface area (Å²) in [4.78, 5) is 20.8. The maximum Gasteiger partial charge on any atom is 0.190 e. The second-order valence-corrected chi connectivity index (χ2v) is 8.41. The highest BCUT2D eigenvalue weighted by Gasteiger charge is 2.17. The minimum absolute atomic E-state index is 0.0107. The molecule has 2 aromatic carbocycles. The molecule has 1 aromatic heterocycles. The number of carbonyl (C=O) groups is 1. The van der Waals surface area contributed by atoms with Gasteiger partial charge in [-0.05, 0) is 43.5 Å². The molecule has 5 nitrogen and oxygen atoms in total. The van der Waals surface area contributed by atoms with E-state index in [4.69, 9.17) is 4.98 Å². The van der Waals surface area contributed by atoms with Crippen LogP contribution in [0.15, 0.2) is 59.8 Å². The summed E-state index contributed by atoms with van der Waals surface area (Å²) in [6.07, 6.45) is 1.06. The highest BCUT2D eigenvalue weighted by Crippen LogP contribution is 2.31. The van der Waals surface area contributed by atoms with Gasteiger partial charge in [0.15, 0.2) is 16.8 Å². The molecule has 6 heteroatoms. The van der Waals surface area contributed by atoms with E-state index in [0.717, 1.165) is 23.4 Å². The van der Waals surface area contributed by atoms with Gasteiger partial charge in [-0.1, -0.05) is 55.9 Å². The molecule has 0 amide bonds. The van der Waals surface area contributed by atoms with Crippen LogP contribution < -0.4 is 5.32 Å². The third-order valence-corrected chi connectivity index (χ3v) is 5.41. The molecule has 0 fully saturated rings. The van der Waals surface area contributed by atoms with E-state index < -0.39 is 0 Å². The number of nitrogens with zero attached hydrogens (tertiary/aromatic N) is 3. The summed E-state index contributed by atoms with van der Waals surface area (Å²) < 4.78 is 0. The van der Waals surface area contributed by atoms with Crippen molar-refractivity contribution in [1.29, 1.82) is 5.26 Å². The molecule has 0 saturated heterocycles. The molecule has 0 atom stereocenters. The Morgan fingerprint density at radius 1 is 1.10 bits per heavy atom. The van der Waals surface area contributed by atoms with Crippen molar-refractivity contribution in [2.75, 3.05) is 11.1 Å². The van der Waals surface area contributed by atoms with Crippen LogP contribution in [0.4, 0.5) is 11.5 Å². The molecule has 0 radical (unpaired) electrons. The lowest BCUT2D eigenvalue weighted by Gasteiger charge is -2.13. The summed E-state index contributed by atoms with van der Waals surface area (Å²) in [5.41, 5.74) is 3.27. The van der Waals surface area contributed by atoms with Crippen LogP contribution in [0.2, 0.25) is 0 Å². The molecule has 0 unspecified atom stereocenters. The number of hydrogen-bond donors (Lipinski definition) is 1. The fourth-order valence-corrected chi connectivity index (χ4v) is 3.90. The average molecular weight is 417 g/mol. The second kappa shape index (κ2) is 10.0. The van der Waals surface area contributed by atoms with E-state index >= 15 is 0 Å². The van der Waals surface area contributed by atoms with Gasteiger partial charge < -0.3 is 5.32 Å². The SMILES string of the molecule is CC(=O)c1ccc(Nc2nc(SCCC(C)C)nc(-c3ccccc3)c2C#N)cc1. The first kappa shape index (κ1) is 21.5. The molecule has 30 heavy (non-hydrogen) atoms. The first-order chi connectivity index (χ1) is 14.5. The summed E-state index contributed by atoms with van der Waals surface area (Å²) in [5, 5.41) is 13.8. The fraction of sp³-hybridized carbons (Fsp3) is 0.250. The summed E-state index contributed by atoms with van der Waals surface area (Å²) >= 11 is 1.59. The van der Waals surface area contributed by atoms with E-state index in [1.165, 1.54) is 6.92 Å². The van der Waals surface area contributed by atoms with Gasteiger partial charge in [-0.15, -0.1) is 0 Å². The number of hydrogen-bond acceptors (Lipinski definition) is 6. The van der Waals surface area contributed by atoms with Gasteiger partial charge in [0, 0.05) is 22.6 Å². The van der Waals surface area contributed by atoms with Crippen molar-refractivity contribution in [3.05, 3.63) is 65.7 Å². The predicted octanol–water partition coefficient (Wildman–Crippen LogP) is 6.10. The lowest BCUT2D eigenvalue weighted by molar-refractivity contribution is 0.101. The molecule has 0 aliphatic rings. The summed E-state index contributed by atoms with van der Waals surface area (Å²) in [5.74, 6) is 1.98. The van der Waals surface area contributed by atoms with Gasteiger partial charge >= 0.3 is 0 Å². The predicted molar refractivity (Wildman–Crippen MR) is 122 cm³/mol. The topological polar surface area (TPSA) is 78.7 Å². The van der Waals surface area contributed by atoms with Crippen LogP contribution in [0.5, 0.6) is 0 Å². The monoisotopic (exact) mass is 416 g/mol. The molecular weight excluding hydrogens is 392 g/mol. The molecule has 0 aliphatic heterocycles. The molecule has 3 rings (SSSR count). The molecule has 0 aliphatic carbocycles. The maximum absolute atomic E-state index is 11.5. The normalized spacial score (nSPS) is 10.6. The molecule has 1 N–H and O–H groups in total. The first-order valence-corrected chi connectivity index (χ1v) is 10.8. The molecular formula is C24H24N4OS. The number of ketones is 1. The van der Waals surface area contributed by atoms with Crippen molar-refractivity contribution >= 4 is 29.1 Å². The van der Waals surface area contributed by atoms with Crippen LogP contribution in [0, 0.1) is 17.2 Å². The van der Waals surface area contributed by atoms with Crippen LogP contribution in [-0.2, 0) is 0 Å². The fourth-order valence-electron chi connectivity index (χ4n) is 2.82. The second-order valence-electron chi connectivity index (χ2n) is 7.35. The van der Waals surface area contributed by atoms with Gasteiger partial charge in [0.25, 0.3) is 0 Å². The van der Waals surface area contributed by atoms with Crippen molar-refractivity contribution in [3.63, 3.8) is 0 Å². The molecule has 0 saturated carbocycles. The van der Waals surface area contributed by atoms with Gasteiger partial charge in [0.2, 0.25) is 0 Å². The van der Waals surface area contributed by atoms with Crippen LogP contribution in [0.3, 0.4) is 0 Å². The maximum atomic E-state index is 11.5. The summed E-state index contributed by atoms with van der Waals surface area (Å²) in [6.45, 7) is 5.91. The number of rotatable bonds is 8. The summed E-state index contributed by atoms with van der Waals surface area (Å²) in [7, 11) is 0. The largest absolute Gasteiger partial charge is 0.339 e. The Hall–Kier alpha value is -3.17. The lowest BCUT2D eigenvalue weighted by atomic mass is 10.1. The third-order valence-electron chi connectivity index (χ3n) is 4.53. The van der Waals surface area contributed by atoms with E-state index in [1.54, 1.807) is 23.9 Å². The number of anilines is 2. The van der Waals surface area contributed by atoms with Gasteiger partial charge in [-0.2, -0.15) is 5.26 Å². The minimum Gasteiger partial charge on any atom is -0.339 e. The highest BCUT2D eigenvalue weighted by atomic mass is 32.2. The Kier molecular flexibility index (Phi) is 7.21. The third kappa shape index (κ3) is 5.46. The quantitative estimate of drug-likeness (QED) is 0.271. The van der Waals surface area contributed by atoms with E-state index in [2.05, 4.69) is 30.2 Å². The molecule has 152 valence electrons.